The van der Waals surface area contributed by atoms with E-state index < -0.39 is 0 Å². The third-order valence-electron chi connectivity index (χ3n) is 5.39. The van der Waals surface area contributed by atoms with Crippen LogP contribution in [0.25, 0.3) is 11.0 Å². The molecule has 1 aliphatic heterocycles. The summed E-state index contributed by atoms with van der Waals surface area (Å²) < 4.78 is 1.98. The van der Waals surface area contributed by atoms with Crippen LogP contribution in [0.4, 0.5) is 0 Å². The highest BCUT2D eigenvalue weighted by Gasteiger charge is 2.30. The third-order valence-corrected chi connectivity index (χ3v) is 5.39. The smallest absolute Gasteiger partial charge is 0.253 e. The van der Waals surface area contributed by atoms with Gasteiger partial charge in [-0.2, -0.15) is 5.10 Å². The second-order valence-electron chi connectivity index (χ2n) is 6.68. The topological polar surface area (TPSA) is 53.9 Å². The Labute approximate surface area is 130 Å². The second-order valence-corrected chi connectivity index (χ2v) is 6.68. The number of likely N-dealkylation sites (tertiary alicyclic amines) is 1. The maximum Gasteiger partial charge on any atom is 0.253 e. The zero-order valence-corrected chi connectivity index (χ0v) is 13.5. The molecule has 1 aliphatic carbocycles. The van der Waals surface area contributed by atoms with Crippen LogP contribution in [0.3, 0.4) is 0 Å². The number of pyridine rings is 1. The lowest BCUT2D eigenvalue weighted by Crippen LogP contribution is -2.21. The van der Waals surface area contributed by atoms with Crippen molar-refractivity contribution in [3.05, 3.63) is 27.2 Å². The highest BCUT2D eigenvalue weighted by atomic mass is 16.1. The Morgan fingerprint density at radius 2 is 2.00 bits per heavy atom. The van der Waals surface area contributed by atoms with Gasteiger partial charge in [-0.25, -0.2) is 4.68 Å². The predicted octanol–water partition coefficient (Wildman–Crippen LogP) is 2.39. The first-order chi connectivity index (χ1) is 10.7. The summed E-state index contributed by atoms with van der Waals surface area (Å²) >= 11 is 0. The molecule has 0 amide bonds. The number of hydrogen-bond donors (Lipinski definition) is 1. The number of nitrogens with zero attached hydrogens (tertiary/aromatic N) is 3. The number of aryl methyl sites for hydroxylation is 2. The fourth-order valence-corrected chi connectivity index (χ4v) is 4.24. The molecule has 0 saturated carbocycles. The van der Waals surface area contributed by atoms with Crippen molar-refractivity contribution in [1.29, 1.82) is 0 Å². The molecule has 2 aliphatic rings. The van der Waals surface area contributed by atoms with Gasteiger partial charge < -0.3 is 4.98 Å². The van der Waals surface area contributed by atoms with Crippen LogP contribution in [0.2, 0.25) is 0 Å². The van der Waals surface area contributed by atoms with Crippen LogP contribution in [0.15, 0.2) is 4.79 Å². The van der Waals surface area contributed by atoms with Crippen molar-refractivity contribution < 1.29 is 0 Å². The van der Waals surface area contributed by atoms with Crippen molar-refractivity contribution in [2.24, 2.45) is 0 Å². The van der Waals surface area contributed by atoms with E-state index in [-0.39, 0.29) is 5.56 Å². The summed E-state index contributed by atoms with van der Waals surface area (Å²) in [6.07, 6.45) is 6.64. The van der Waals surface area contributed by atoms with Gasteiger partial charge in [-0.1, -0.05) is 0 Å². The van der Waals surface area contributed by atoms with Gasteiger partial charge in [0, 0.05) is 17.5 Å². The molecular formula is C17H24N4O. The molecule has 1 saturated heterocycles. The van der Waals surface area contributed by atoms with Crippen LogP contribution in [0.1, 0.15) is 55.5 Å². The molecule has 118 valence electrons. The predicted molar refractivity (Wildman–Crippen MR) is 87.3 cm³/mol. The van der Waals surface area contributed by atoms with Crippen molar-refractivity contribution in [3.8, 4) is 0 Å². The molecule has 0 aromatic carbocycles. The minimum atomic E-state index is 0.100. The quantitative estimate of drug-likeness (QED) is 0.926. The van der Waals surface area contributed by atoms with Crippen molar-refractivity contribution in [1.82, 2.24) is 19.7 Å². The van der Waals surface area contributed by atoms with E-state index in [9.17, 15) is 4.79 Å². The second kappa shape index (κ2) is 5.23. The normalized spacial score (nSPS) is 22.4. The molecule has 5 nitrogen and oxygen atoms in total. The summed E-state index contributed by atoms with van der Waals surface area (Å²) in [5.74, 6) is 0. The maximum absolute atomic E-state index is 12.4. The van der Waals surface area contributed by atoms with Gasteiger partial charge in [0.15, 0.2) is 0 Å². The highest BCUT2D eigenvalue weighted by molar-refractivity contribution is 5.84. The number of aromatic nitrogens is 3. The minimum Gasteiger partial charge on any atom is -0.307 e. The van der Waals surface area contributed by atoms with E-state index in [4.69, 9.17) is 5.10 Å². The van der Waals surface area contributed by atoms with Gasteiger partial charge in [0.2, 0.25) is 0 Å². The zero-order valence-electron chi connectivity index (χ0n) is 13.5. The summed E-state index contributed by atoms with van der Waals surface area (Å²) in [5.41, 5.74) is 4.51. The molecule has 3 heterocycles. The molecule has 2 aromatic rings. The van der Waals surface area contributed by atoms with E-state index >= 15 is 0 Å². The largest absolute Gasteiger partial charge is 0.307 e. The molecule has 5 heteroatoms. The lowest BCUT2D eigenvalue weighted by atomic mass is 9.89. The Balaban J connectivity index is 2.02. The first-order valence-corrected chi connectivity index (χ1v) is 8.55. The number of fused-ring (bicyclic) bond motifs is 3. The van der Waals surface area contributed by atoms with Crippen molar-refractivity contribution >= 4 is 11.0 Å². The summed E-state index contributed by atoms with van der Waals surface area (Å²) in [4.78, 5) is 18.0. The average Bonchev–Trinajstić information content (AvgIpc) is 3.11. The monoisotopic (exact) mass is 300 g/mol. The number of aromatic amines is 1. The van der Waals surface area contributed by atoms with Gasteiger partial charge in [-0.3, -0.25) is 9.69 Å². The van der Waals surface area contributed by atoms with Crippen LogP contribution in [-0.2, 0) is 19.4 Å². The van der Waals surface area contributed by atoms with Crippen LogP contribution < -0.4 is 5.56 Å². The summed E-state index contributed by atoms with van der Waals surface area (Å²) in [7, 11) is 2.19. The maximum atomic E-state index is 12.4. The molecule has 0 spiro atoms. The van der Waals surface area contributed by atoms with Crippen LogP contribution in [0, 0.1) is 0 Å². The number of H-pyrrole nitrogens is 1. The standard InChI is InChI=1S/C17H24N4O/c1-3-21-16-14(15(19-21)13-9-6-10-20(13)2)11-7-4-5-8-12(11)17(22)18-16/h13H,3-10H2,1-2H3,(H,18,22). The van der Waals surface area contributed by atoms with Crippen molar-refractivity contribution in [3.63, 3.8) is 0 Å². The van der Waals surface area contributed by atoms with Gasteiger partial charge >= 0.3 is 0 Å². The first-order valence-electron chi connectivity index (χ1n) is 8.55. The third kappa shape index (κ3) is 1.95. The van der Waals surface area contributed by atoms with E-state index in [1.807, 2.05) is 4.68 Å². The number of rotatable bonds is 2. The molecule has 1 unspecified atom stereocenters. The molecule has 2 aromatic heterocycles. The van der Waals surface area contributed by atoms with Crippen LogP contribution >= 0.6 is 0 Å². The Kier molecular flexibility index (Phi) is 3.33. The molecule has 22 heavy (non-hydrogen) atoms. The zero-order chi connectivity index (χ0) is 15.3. The van der Waals surface area contributed by atoms with E-state index in [1.54, 1.807) is 0 Å². The summed E-state index contributed by atoms with van der Waals surface area (Å²) in [5, 5.41) is 6.14. The lowest BCUT2D eigenvalue weighted by Gasteiger charge is -2.20. The molecule has 0 bridgehead atoms. The van der Waals surface area contributed by atoms with E-state index in [2.05, 4.69) is 23.9 Å². The lowest BCUT2D eigenvalue weighted by molar-refractivity contribution is 0.311. The van der Waals surface area contributed by atoms with E-state index in [0.717, 1.165) is 43.6 Å². The fraction of sp³-hybridized carbons (Fsp3) is 0.647. The highest BCUT2D eigenvalue weighted by Crippen LogP contribution is 2.36. The Bertz CT molecular complexity index is 773. The SMILES string of the molecule is CCn1nc(C2CCCN2C)c2c3c(c(=O)[nH]c21)CCCC3. The molecule has 0 radical (unpaired) electrons. The van der Waals surface area contributed by atoms with Crippen LogP contribution in [0.5, 0.6) is 0 Å². The van der Waals surface area contributed by atoms with E-state index in [0.29, 0.717) is 6.04 Å². The molecule has 1 fully saturated rings. The Morgan fingerprint density at radius 3 is 2.68 bits per heavy atom. The van der Waals surface area contributed by atoms with Gasteiger partial charge in [0.05, 0.1) is 11.7 Å². The first kappa shape index (κ1) is 14.0. The number of hydrogen-bond acceptors (Lipinski definition) is 3. The molecular weight excluding hydrogens is 276 g/mol. The molecule has 4 rings (SSSR count). The van der Waals surface area contributed by atoms with Gasteiger partial charge in [0.25, 0.3) is 5.56 Å². The van der Waals surface area contributed by atoms with Crippen molar-refractivity contribution in [2.75, 3.05) is 13.6 Å². The average molecular weight is 300 g/mol. The van der Waals surface area contributed by atoms with Gasteiger partial charge in [-0.15, -0.1) is 0 Å². The molecule has 1 N–H and O–H groups in total. The Hall–Kier alpha value is -1.62. The fourth-order valence-electron chi connectivity index (χ4n) is 4.24. The van der Waals surface area contributed by atoms with Crippen LogP contribution in [-0.4, -0.2) is 33.3 Å². The van der Waals surface area contributed by atoms with E-state index in [1.165, 1.54) is 35.9 Å². The van der Waals surface area contributed by atoms with Crippen molar-refractivity contribution in [2.45, 2.75) is 58.0 Å². The Morgan fingerprint density at radius 1 is 1.23 bits per heavy atom. The minimum absolute atomic E-state index is 0.100. The van der Waals surface area contributed by atoms with Gasteiger partial charge in [0.1, 0.15) is 5.65 Å². The summed E-state index contributed by atoms with van der Waals surface area (Å²) in [6, 6.07) is 0.396. The number of nitrogens with one attached hydrogen (secondary N) is 1. The molecule has 1 atom stereocenters. The summed E-state index contributed by atoms with van der Waals surface area (Å²) in [6.45, 7) is 4.02. The van der Waals surface area contributed by atoms with Gasteiger partial charge in [-0.05, 0) is 64.6 Å².